The predicted molar refractivity (Wildman–Crippen MR) is 190 cm³/mol. The Bertz CT molecular complexity index is 1530. The monoisotopic (exact) mass is 751 g/mol. The fraction of sp³-hybridized carbons (Fsp3) is 0.474. The maximum atomic E-state index is 14.6. The lowest BCUT2D eigenvalue weighted by atomic mass is 9.70. The van der Waals surface area contributed by atoms with E-state index in [4.69, 9.17) is 14.2 Å². The van der Waals surface area contributed by atoms with Crippen LogP contribution in [0.4, 0.5) is 0 Å². The lowest BCUT2D eigenvalue weighted by Gasteiger charge is -2.37. The van der Waals surface area contributed by atoms with Crippen molar-refractivity contribution in [3.05, 3.63) is 97.1 Å². The van der Waals surface area contributed by atoms with Gasteiger partial charge in [0.1, 0.15) is 17.7 Å². The zero-order valence-electron chi connectivity index (χ0n) is 28.3. The Balaban J connectivity index is 1.49. The summed E-state index contributed by atoms with van der Waals surface area (Å²) in [5.41, 5.74) is 0.237. The number of nitrogens with one attached hydrogen (secondary N) is 1. The van der Waals surface area contributed by atoms with Crippen LogP contribution in [0, 0.1) is 11.8 Å². The molecule has 12 heteroatoms. The zero-order chi connectivity index (χ0) is 35.8. The molecule has 3 aliphatic rings. The number of nitrogens with zero attached hydrogens (tertiary/aromatic N) is 2. The number of esters is 1. The summed E-state index contributed by atoms with van der Waals surface area (Å²) in [4.78, 5) is 59.2. The van der Waals surface area contributed by atoms with E-state index in [1.165, 1.54) is 12.0 Å². The minimum absolute atomic E-state index is 0.0523. The van der Waals surface area contributed by atoms with E-state index in [-0.39, 0.29) is 68.2 Å². The SMILES string of the molecule is C=CCCC(=O)N[C@@H](COC)[C@@H](OC(=O)[C@@H]1[C@H]2O[C@@]3(CC2Br)[C@H](C(=O)N(CC=C)Cc2ccccc2)N(CCCO)C(=O)[C@@H]13)c1ccccc1. The van der Waals surface area contributed by atoms with Gasteiger partial charge in [0.2, 0.25) is 17.7 Å². The number of methoxy groups -OCH3 is 1. The standard InChI is InChI=1S/C38H46BrN3O8/c1-4-6-18-29(44)40-28(24-48-3)32(26-16-11-8-12-17-26)49-37(47)30-31-35(45)42(20-13-21-43)34(38(31)22-27(39)33(30)50-38)36(46)41(19-5-2)23-25-14-9-7-10-15-25/h4-5,7-12,14-17,27-28,30-34,43H,1-2,6,13,18-24H2,3H3,(H,40,44)/t27?,28-,30-,31+,32-,33-,34-,38+/m0/s1. The lowest BCUT2D eigenvalue weighted by Crippen LogP contribution is -2.56. The number of amides is 3. The molecule has 3 heterocycles. The molecule has 8 atom stereocenters. The molecule has 50 heavy (non-hydrogen) atoms. The minimum atomic E-state index is -1.31. The number of halogens is 1. The van der Waals surface area contributed by atoms with Crippen LogP contribution >= 0.6 is 15.9 Å². The van der Waals surface area contributed by atoms with Crippen LogP contribution in [0.1, 0.15) is 42.9 Å². The first-order chi connectivity index (χ1) is 24.2. The second kappa shape index (κ2) is 16.9. The summed E-state index contributed by atoms with van der Waals surface area (Å²) in [6.07, 6.45) is 2.85. The summed E-state index contributed by atoms with van der Waals surface area (Å²) in [6.45, 7) is 8.05. The third kappa shape index (κ3) is 7.58. The number of aliphatic hydroxyl groups excluding tert-OH is 1. The number of carbonyl (C=O) groups excluding carboxylic acids is 4. The Hall–Kier alpha value is -3.84. The molecule has 2 aromatic carbocycles. The van der Waals surface area contributed by atoms with Gasteiger partial charge in [-0.05, 0) is 30.4 Å². The van der Waals surface area contributed by atoms with Crippen LogP contribution in [0.5, 0.6) is 0 Å². The Labute approximate surface area is 301 Å². The van der Waals surface area contributed by atoms with E-state index in [2.05, 4.69) is 34.4 Å². The number of allylic oxidation sites excluding steroid dienone is 1. The Morgan fingerprint density at radius 3 is 2.48 bits per heavy atom. The average molecular weight is 753 g/mol. The van der Waals surface area contributed by atoms with Gasteiger partial charge in [-0.15, -0.1) is 13.2 Å². The van der Waals surface area contributed by atoms with E-state index in [9.17, 15) is 24.3 Å². The molecule has 0 aliphatic carbocycles. The number of alkyl halides is 1. The van der Waals surface area contributed by atoms with Crippen LogP contribution in [-0.2, 0) is 39.9 Å². The molecule has 2 aromatic rings. The predicted octanol–water partition coefficient (Wildman–Crippen LogP) is 3.71. The number of carbonyl (C=O) groups is 4. The second-order valence-corrected chi connectivity index (χ2v) is 14.2. The van der Waals surface area contributed by atoms with Gasteiger partial charge in [-0.1, -0.05) is 88.7 Å². The Morgan fingerprint density at radius 2 is 1.84 bits per heavy atom. The number of aliphatic hydroxyl groups is 1. The van der Waals surface area contributed by atoms with Gasteiger partial charge in [0.25, 0.3) is 0 Å². The van der Waals surface area contributed by atoms with Crippen LogP contribution in [0.2, 0.25) is 0 Å². The molecular formula is C38H46BrN3O8. The fourth-order valence-electron chi connectivity index (χ4n) is 7.65. The number of benzene rings is 2. The highest BCUT2D eigenvalue weighted by Gasteiger charge is 2.77. The van der Waals surface area contributed by atoms with Gasteiger partial charge in [-0.3, -0.25) is 19.2 Å². The van der Waals surface area contributed by atoms with Gasteiger partial charge in [-0.25, -0.2) is 0 Å². The van der Waals surface area contributed by atoms with Gasteiger partial charge in [0.15, 0.2) is 0 Å². The van der Waals surface area contributed by atoms with Gasteiger partial charge in [0.05, 0.1) is 30.6 Å². The number of fused-ring (bicyclic) bond motifs is 1. The Kier molecular flexibility index (Phi) is 12.7. The van der Waals surface area contributed by atoms with Crippen molar-refractivity contribution in [2.75, 3.05) is 33.4 Å². The maximum Gasteiger partial charge on any atom is 0.313 e. The smallest absolute Gasteiger partial charge is 0.313 e. The molecule has 1 unspecified atom stereocenters. The summed E-state index contributed by atoms with van der Waals surface area (Å²) >= 11 is 3.72. The molecule has 3 aliphatic heterocycles. The van der Waals surface area contributed by atoms with Crippen LogP contribution in [0.3, 0.4) is 0 Å². The Morgan fingerprint density at radius 1 is 1.14 bits per heavy atom. The van der Waals surface area contributed by atoms with E-state index in [0.717, 1.165) is 5.56 Å². The van der Waals surface area contributed by atoms with E-state index in [0.29, 0.717) is 18.4 Å². The van der Waals surface area contributed by atoms with E-state index >= 15 is 0 Å². The van der Waals surface area contributed by atoms with Crippen molar-refractivity contribution in [2.45, 2.75) is 66.9 Å². The third-order valence-electron chi connectivity index (χ3n) is 9.73. The fourth-order valence-corrected chi connectivity index (χ4v) is 8.59. The van der Waals surface area contributed by atoms with Gasteiger partial charge >= 0.3 is 5.97 Å². The van der Waals surface area contributed by atoms with E-state index < -0.39 is 47.7 Å². The van der Waals surface area contributed by atoms with Crippen LogP contribution < -0.4 is 5.32 Å². The number of hydrogen-bond donors (Lipinski definition) is 2. The summed E-state index contributed by atoms with van der Waals surface area (Å²) < 4.78 is 18.4. The molecular weight excluding hydrogens is 706 g/mol. The molecule has 0 radical (unpaired) electrons. The number of likely N-dealkylation sites (tertiary alicyclic amines) is 1. The third-order valence-corrected chi connectivity index (χ3v) is 10.6. The molecule has 268 valence electrons. The molecule has 0 saturated carbocycles. The van der Waals surface area contributed by atoms with Crippen molar-refractivity contribution in [3.63, 3.8) is 0 Å². The van der Waals surface area contributed by atoms with E-state index in [1.54, 1.807) is 29.2 Å². The van der Waals surface area contributed by atoms with Crippen molar-refractivity contribution in [1.29, 1.82) is 0 Å². The quantitative estimate of drug-likeness (QED) is 0.134. The first-order valence-electron chi connectivity index (χ1n) is 17.0. The summed E-state index contributed by atoms with van der Waals surface area (Å²) in [5.74, 6) is -3.66. The number of ether oxygens (including phenoxy) is 3. The highest BCUT2D eigenvalue weighted by atomic mass is 79.9. The first kappa shape index (κ1) is 37.4. The topological polar surface area (TPSA) is 135 Å². The molecule has 3 amide bonds. The molecule has 1 spiro atoms. The highest BCUT2D eigenvalue weighted by molar-refractivity contribution is 9.09. The van der Waals surface area contributed by atoms with Crippen molar-refractivity contribution in [1.82, 2.24) is 15.1 Å². The van der Waals surface area contributed by atoms with Crippen molar-refractivity contribution < 1.29 is 38.5 Å². The molecule has 3 fully saturated rings. The molecule has 2 N–H and O–H groups in total. The number of hydrogen-bond acceptors (Lipinski definition) is 8. The minimum Gasteiger partial charge on any atom is -0.455 e. The van der Waals surface area contributed by atoms with Crippen LogP contribution in [-0.4, -0.2) is 101 Å². The van der Waals surface area contributed by atoms with Gasteiger partial charge < -0.3 is 34.4 Å². The average Bonchev–Trinajstić information content (AvgIpc) is 3.71. The summed E-state index contributed by atoms with van der Waals surface area (Å²) in [5, 5.41) is 12.7. The van der Waals surface area contributed by atoms with Gasteiger partial charge in [0, 0.05) is 44.6 Å². The normalized spacial score (nSPS) is 26.2. The first-order valence-corrected chi connectivity index (χ1v) is 17.9. The summed E-state index contributed by atoms with van der Waals surface area (Å²) in [7, 11) is 1.50. The largest absolute Gasteiger partial charge is 0.455 e. The molecule has 5 rings (SSSR count). The van der Waals surface area contributed by atoms with Gasteiger partial charge in [-0.2, -0.15) is 0 Å². The van der Waals surface area contributed by atoms with E-state index in [1.807, 2.05) is 48.5 Å². The molecule has 3 saturated heterocycles. The van der Waals surface area contributed by atoms with Crippen molar-refractivity contribution >= 4 is 39.6 Å². The second-order valence-electron chi connectivity index (χ2n) is 13.0. The van der Waals surface area contributed by atoms with Crippen molar-refractivity contribution in [2.24, 2.45) is 11.8 Å². The van der Waals surface area contributed by atoms with Crippen LogP contribution in [0.25, 0.3) is 0 Å². The summed E-state index contributed by atoms with van der Waals surface area (Å²) in [6, 6.07) is 16.8. The maximum absolute atomic E-state index is 14.6. The lowest BCUT2D eigenvalue weighted by molar-refractivity contribution is -0.163. The molecule has 11 nitrogen and oxygen atoms in total. The number of rotatable bonds is 18. The molecule has 0 aromatic heterocycles. The molecule has 2 bridgehead atoms. The highest BCUT2D eigenvalue weighted by Crippen LogP contribution is 2.60. The van der Waals surface area contributed by atoms with Crippen molar-refractivity contribution in [3.8, 4) is 0 Å². The zero-order valence-corrected chi connectivity index (χ0v) is 29.9. The van der Waals surface area contributed by atoms with Crippen LogP contribution in [0.15, 0.2) is 86.0 Å².